The molecule has 5 nitrogen and oxygen atoms in total. The van der Waals surface area contributed by atoms with Crippen molar-refractivity contribution in [2.24, 2.45) is 0 Å². The summed E-state index contributed by atoms with van der Waals surface area (Å²) >= 11 is 5.96. The van der Waals surface area contributed by atoms with Crippen LogP contribution in [0.2, 0.25) is 5.02 Å². The van der Waals surface area contributed by atoms with Gasteiger partial charge in [-0.25, -0.2) is 4.98 Å². The molecule has 1 aromatic heterocycles. The van der Waals surface area contributed by atoms with Crippen molar-refractivity contribution in [3.05, 3.63) is 89.2 Å². The molecule has 0 saturated carbocycles. The number of imidazole rings is 1. The molecule has 0 spiro atoms. The molecule has 1 aliphatic rings. The Morgan fingerprint density at radius 1 is 1.03 bits per heavy atom. The molecule has 0 bridgehead atoms. The predicted octanol–water partition coefficient (Wildman–Crippen LogP) is 5.60. The van der Waals surface area contributed by atoms with Crippen LogP contribution >= 0.6 is 11.6 Å². The summed E-state index contributed by atoms with van der Waals surface area (Å²) in [7, 11) is 0. The molecule has 5 rings (SSSR count). The second-order valence-corrected chi connectivity index (χ2v) is 8.54. The third-order valence-corrected chi connectivity index (χ3v) is 6.23. The highest BCUT2D eigenvalue weighted by molar-refractivity contribution is 6.30. The van der Waals surface area contributed by atoms with Crippen LogP contribution in [0.3, 0.4) is 0 Å². The third-order valence-electron chi connectivity index (χ3n) is 5.98. The first kappa shape index (κ1) is 20.6. The minimum atomic E-state index is 0.0324. The molecular formula is C26H24ClN3O2. The number of rotatable bonds is 6. The van der Waals surface area contributed by atoms with Crippen molar-refractivity contribution in [2.75, 3.05) is 18.1 Å². The maximum atomic E-state index is 12.9. The molecule has 1 saturated heterocycles. The topological polar surface area (TPSA) is 47.4 Å². The number of amides is 1. The number of ether oxygens (including phenoxy) is 1. The van der Waals surface area contributed by atoms with Gasteiger partial charge in [-0.15, -0.1) is 0 Å². The average Bonchev–Trinajstić information content (AvgIpc) is 3.36. The Kier molecular flexibility index (Phi) is 5.58. The number of para-hydroxylation sites is 3. The van der Waals surface area contributed by atoms with E-state index in [1.165, 1.54) is 0 Å². The number of hydrogen-bond acceptors (Lipinski definition) is 3. The zero-order valence-electron chi connectivity index (χ0n) is 17.9. The van der Waals surface area contributed by atoms with Crippen LogP contribution in [0, 0.1) is 6.92 Å². The molecule has 1 fully saturated rings. The van der Waals surface area contributed by atoms with Gasteiger partial charge in [0.2, 0.25) is 5.91 Å². The van der Waals surface area contributed by atoms with Crippen molar-refractivity contribution < 1.29 is 9.53 Å². The number of hydrogen-bond donors (Lipinski definition) is 0. The van der Waals surface area contributed by atoms with Gasteiger partial charge in [0.1, 0.15) is 18.2 Å². The van der Waals surface area contributed by atoms with Crippen LogP contribution in [0.5, 0.6) is 5.75 Å². The largest absolute Gasteiger partial charge is 0.492 e. The molecule has 6 heteroatoms. The fraction of sp³-hybridized carbons (Fsp3) is 0.231. The van der Waals surface area contributed by atoms with Gasteiger partial charge in [0.25, 0.3) is 0 Å². The molecule has 1 aliphatic heterocycles. The molecule has 0 aliphatic carbocycles. The molecule has 1 amide bonds. The number of aromatic nitrogens is 2. The average molecular weight is 446 g/mol. The molecule has 4 aromatic rings. The summed E-state index contributed by atoms with van der Waals surface area (Å²) < 4.78 is 8.14. The number of benzene rings is 3. The molecule has 1 atom stereocenters. The van der Waals surface area contributed by atoms with Crippen LogP contribution in [-0.2, 0) is 11.3 Å². The lowest BCUT2D eigenvalue weighted by atomic mass is 10.1. The van der Waals surface area contributed by atoms with Gasteiger partial charge < -0.3 is 14.2 Å². The van der Waals surface area contributed by atoms with Crippen LogP contribution in [-0.4, -0.2) is 28.6 Å². The maximum Gasteiger partial charge on any atom is 0.227 e. The van der Waals surface area contributed by atoms with Crippen molar-refractivity contribution in [3.63, 3.8) is 0 Å². The Morgan fingerprint density at radius 3 is 2.59 bits per heavy atom. The van der Waals surface area contributed by atoms with E-state index >= 15 is 0 Å². The highest BCUT2D eigenvalue weighted by Gasteiger charge is 2.35. The van der Waals surface area contributed by atoms with Crippen molar-refractivity contribution in [3.8, 4) is 5.75 Å². The fourth-order valence-electron chi connectivity index (χ4n) is 4.41. The van der Waals surface area contributed by atoms with Gasteiger partial charge in [-0.1, -0.05) is 41.9 Å². The van der Waals surface area contributed by atoms with Crippen LogP contribution in [0.25, 0.3) is 11.0 Å². The second kappa shape index (κ2) is 8.67. The quantitative estimate of drug-likeness (QED) is 0.388. The lowest BCUT2D eigenvalue weighted by molar-refractivity contribution is -0.117. The normalized spacial score (nSPS) is 16.1. The van der Waals surface area contributed by atoms with Gasteiger partial charge in [-0.2, -0.15) is 0 Å². The summed E-state index contributed by atoms with van der Waals surface area (Å²) in [5, 5.41) is 0.685. The molecule has 0 radical (unpaired) electrons. The molecule has 2 heterocycles. The molecule has 0 unspecified atom stereocenters. The van der Waals surface area contributed by atoms with E-state index in [9.17, 15) is 4.79 Å². The van der Waals surface area contributed by atoms with E-state index in [0.29, 0.717) is 31.1 Å². The lowest BCUT2D eigenvalue weighted by Crippen LogP contribution is -2.25. The number of fused-ring (bicyclic) bond motifs is 1. The number of aryl methyl sites for hydroxylation is 1. The van der Waals surface area contributed by atoms with Gasteiger partial charge in [-0.3, -0.25) is 4.79 Å². The monoisotopic (exact) mass is 445 g/mol. The molecule has 162 valence electrons. The Balaban J connectivity index is 1.41. The van der Waals surface area contributed by atoms with E-state index in [-0.39, 0.29) is 11.8 Å². The summed E-state index contributed by atoms with van der Waals surface area (Å²) in [6.07, 6.45) is 0.454. The SMILES string of the molecule is Cc1ccccc1N1C[C@@H](c2nc3ccccc3n2CCOc2ccc(Cl)cc2)CC1=O. The minimum Gasteiger partial charge on any atom is -0.492 e. The van der Waals surface area contributed by atoms with E-state index in [4.69, 9.17) is 21.3 Å². The summed E-state index contributed by atoms with van der Waals surface area (Å²) in [6, 6.07) is 23.5. The first-order chi connectivity index (χ1) is 15.6. The van der Waals surface area contributed by atoms with E-state index in [1.807, 2.05) is 78.6 Å². The summed E-state index contributed by atoms with van der Waals surface area (Å²) in [6.45, 7) is 3.81. The Labute approximate surface area is 192 Å². The number of anilines is 1. The van der Waals surface area contributed by atoms with E-state index in [0.717, 1.165) is 33.9 Å². The van der Waals surface area contributed by atoms with Crippen molar-refractivity contribution in [2.45, 2.75) is 25.8 Å². The third kappa shape index (κ3) is 3.96. The highest BCUT2D eigenvalue weighted by atomic mass is 35.5. The predicted molar refractivity (Wildman–Crippen MR) is 128 cm³/mol. The van der Waals surface area contributed by atoms with E-state index in [2.05, 4.69) is 10.6 Å². The van der Waals surface area contributed by atoms with Crippen molar-refractivity contribution in [1.82, 2.24) is 9.55 Å². The molecular weight excluding hydrogens is 422 g/mol. The van der Waals surface area contributed by atoms with Gasteiger partial charge in [-0.05, 0) is 55.0 Å². The summed E-state index contributed by atoms with van der Waals surface area (Å²) in [5.41, 5.74) is 4.08. The van der Waals surface area contributed by atoms with Crippen LogP contribution in [0.4, 0.5) is 5.69 Å². The minimum absolute atomic E-state index is 0.0324. The molecule has 0 N–H and O–H groups in total. The summed E-state index contributed by atoms with van der Waals surface area (Å²) in [4.78, 5) is 19.7. The van der Waals surface area contributed by atoms with Crippen LogP contribution in [0.15, 0.2) is 72.8 Å². The van der Waals surface area contributed by atoms with Crippen molar-refractivity contribution in [1.29, 1.82) is 0 Å². The second-order valence-electron chi connectivity index (χ2n) is 8.10. The number of nitrogens with zero attached hydrogens (tertiary/aromatic N) is 3. The molecule has 3 aromatic carbocycles. The smallest absolute Gasteiger partial charge is 0.227 e. The van der Waals surface area contributed by atoms with Crippen molar-refractivity contribution >= 4 is 34.2 Å². The lowest BCUT2D eigenvalue weighted by Gasteiger charge is -2.19. The van der Waals surface area contributed by atoms with E-state index < -0.39 is 0 Å². The number of carbonyl (C=O) groups is 1. The zero-order valence-corrected chi connectivity index (χ0v) is 18.6. The van der Waals surface area contributed by atoms with Crippen LogP contribution in [0.1, 0.15) is 23.7 Å². The summed E-state index contributed by atoms with van der Waals surface area (Å²) in [5.74, 6) is 1.89. The first-order valence-corrected chi connectivity index (χ1v) is 11.2. The van der Waals surface area contributed by atoms with Gasteiger partial charge >= 0.3 is 0 Å². The van der Waals surface area contributed by atoms with Gasteiger partial charge in [0.05, 0.1) is 17.6 Å². The first-order valence-electron chi connectivity index (χ1n) is 10.8. The number of halogens is 1. The maximum absolute atomic E-state index is 12.9. The molecule has 32 heavy (non-hydrogen) atoms. The van der Waals surface area contributed by atoms with Crippen LogP contribution < -0.4 is 9.64 Å². The highest BCUT2D eigenvalue weighted by Crippen LogP contribution is 2.34. The standard InChI is InChI=1S/C26H24ClN3O2/c1-18-6-2-4-8-23(18)30-17-19(16-25(30)31)26-28-22-7-3-5-9-24(22)29(26)14-15-32-21-12-10-20(27)11-13-21/h2-13,19H,14-17H2,1H3/t19-/m0/s1. The van der Waals surface area contributed by atoms with E-state index in [1.54, 1.807) is 0 Å². The Hall–Kier alpha value is -3.31. The zero-order chi connectivity index (χ0) is 22.1. The van der Waals surface area contributed by atoms with Gasteiger partial charge in [0, 0.05) is 29.6 Å². The number of carbonyl (C=O) groups excluding carboxylic acids is 1. The fourth-order valence-corrected chi connectivity index (χ4v) is 4.53. The van der Waals surface area contributed by atoms with Gasteiger partial charge in [0.15, 0.2) is 0 Å². The Morgan fingerprint density at radius 2 is 1.78 bits per heavy atom. The Bertz CT molecular complexity index is 1270.